The molecule has 0 atom stereocenters. The van der Waals surface area contributed by atoms with Crippen LogP contribution in [0.25, 0.3) is 0 Å². The topological polar surface area (TPSA) is 75.6 Å². The summed E-state index contributed by atoms with van der Waals surface area (Å²) in [5.41, 5.74) is 0.567. The maximum Gasteiger partial charge on any atom is 0.303 e. The molecule has 1 aromatic rings. The van der Waals surface area contributed by atoms with Crippen molar-refractivity contribution in [3.63, 3.8) is 0 Å². The number of carboxylic acid groups (broad SMARTS) is 1. The molecule has 0 heterocycles. The third-order valence-electron chi connectivity index (χ3n) is 4.59. The molecule has 0 aliphatic heterocycles. The second kappa shape index (κ2) is 8.88. The van der Waals surface area contributed by atoms with Crippen LogP contribution in [0.1, 0.15) is 64.4 Å². The molecule has 1 saturated carbocycles. The van der Waals surface area contributed by atoms with Gasteiger partial charge in [-0.2, -0.15) is 0 Å². The lowest BCUT2D eigenvalue weighted by atomic mass is 9.98. The minimum Gasteiger partial charge on any atom is -0.490 e. The first-order valence-electron chi connectivity index (χ1n) is 9.12. The first-order valence-corrected chi connectivity index (χ1v) is 9.12. The lowest BCUT2D eigenvalue weighted by Gasteiger charge is -2.25. The van der Waals surface area contributed by atoms with Crippen molar-refractivity contribution in [1.29, 1.82) is 0 Å². The Bertz CT molecular complexity index is 591. The zero-order valence-electron chi connectivity index (χ0n) is 15.2. The average molecular weight is 347 g/mol. The second-order valence-corrected chi connectivity index (χ2v) is 7.50. The largest absolute Gasteiger partial charge is 0.490 e. The van der Waals surface area contributed by atoms with Gasteiger partial charge in [-0.25, -0.2) is 0 Å². The molecule has 0 bridgehead atoms. The number of carboxylic acids is 1. The molecule has 0 aromatic heterocycles. The van der Waals surface area contributed by atoms with Crippen molar-refractivity contribution in [2.75, 3.05) is 0 Å². The Kier molecular flexibility index (Phi) is 6.85. The molecule has 2 rings (SSSR count). The van der Waals surface area contributed by atoms with E-state index in [2.05, 4.69) is 5.32 Å². The van der Waals surface area contributed by atoms with Gasteiger partial charge >= 0.3 is 5.97 Å². The van der Waals surface area contributed by atoms with Crippen LogP contribution in [0, 0.1) is 0 Å². The Labute approximate surface area is 149 Å². The van der Waals surface area contributed by atoms with Crippen LogP contribution in [-0.2, 0) is 16.0 Å². The number of hydrogen-bond donors (Lipinski definition) is 2. The molecule has 0 saturated heterocycles. The molecule has 138 valence electrons. The molecular weight excluding hydrogens is 318 g/mol. The Morgan fingerprint density at radius 1 is 1.24 bits per heavy atom. The zero-order chi connectivity index (χ0) is 18.3. The number of rotatable bonds is 9. The number of carbonyl (C=O) groups excluding carboxylic acids is 1. The van der Waals surface area contributed by atoms with Crippen LogP contribution in [0.5, 0.6) is 5.75 Å². The highest BCUT2D eigenvalue weighted by Crippen LogP contribution is 2.25. The number of aryl methyl sites for hydroxylation is 1. The molecule has 5 nitrogen and oxygen atoms in total. The van der Waals surface area contributed by atoms with Gasteiger partial charge < -0.3 is 15.2 Å². The van der Waals surface area contributed by atoms with Gasteiger partial charge in [0.05, 0.1) is 6.10 Å². The maximum atomic E-state index is 12.2. The molecular formula is C20H29NO4. The molecule has 0 radical (unpaired) electrons. The first-order chi connectivity index (χ1) is 11.8. The summed E-state index contributed by atoms with van der Waals surface area (Å²) in [6.45, 7) is 3.70. The third-order valence-corrected chi connectivity index (χ3v) is 4.59. The summed E-state index contributed by atoms with van der Waals surface area (Å²) in [7, 11) is 0. The summed E-state index contributed by atoms with van der Waals surface area (Å²) in [4.78, 5) is 22.8. The van der Waals surface area contributed by atoms with Crippen molar-refractivity contribution in [3.8, 4) is 5.75 Å². The summed E-state index contributed by atoms with van der Waals surface area (Å²) in [6.07, 6.45) is 6.53. The van der Waals surface area contributed by atoms with Crippen molar-refractivity contribution in [2.24, 2.45) is 0 Å². The number of aliphatic carboxylic acids is 1. The van der Waals surface area contributed by atoms with E-state index in [9.17, 15) is 9.59 Å². The smallest absolute Gasteiger partial charge is 0.303 e. The van der Waals surface area contributed by atoms with Gasteiger partial charge in [0.2, 0.25) is 5.91 Å². The average Bonchev–Trinajstić information content (AvgIpc) is 3.04. The van der Waals surface area contributed by atoms with E-state index >= 15 is 0 Å². The van der Waals surface area contributed by atoms with Gasteiger partial charge in [-0.05, 0) is 70.1 Å². The van der Waals surface area contributed by atoms with E-state index in [1.165, 1.54) is 12.8 Å². The van der Waals surface area contributed by atoms with E-state index in [1.54, 1.807) is 0 Å². The molecule has 0 unspecified atom stereocenters. The van der Waals surface area contributed by atoms with Gasteiger partial charge in [0.1, 0.15) is 5.75 Å². The maximum absolute atomic E-state index is 12.2. The van der Waals surface area contributed by atoms with Crippen molar-refractivity contribution in [1.82, 2.24) is 5.32 Å². The second-order valence-electron chi connectivity index (χ2n) is 7.50. The number of benzene rings is 1. The van der Waals surface area contributed by atoms with Crippen LogP contribution < -0.4 is 10.1 Å². The predicted octanol–water partition coefficient (Wildman–Crippen LogP) is 3.70. The predicted molar refractivity (Wildman–Crippen MR) is 96.7 cm³/mol. The zero-order valence-corrected chi connectivity index (χ0v) is 15.2. The van der Waals surface area contributed by atoms with Crippen LogP contribution in [-0.4, -0.2) is 28.6 Å². The van der Waals surface area contributed by atoms with E-state index in [-0.39, 0.29) is 12.3 Å². The number of hydrogen-bond acceptors (Lipinski definition) is 3. The highest BCUT2D eigenvalue weighted by molar-refractivity contribution is 5.77. The number of nitrogens with one attached hydrogen (secondary N) is 1. The molecule has 1 aliphatic carbocycles. The lowest BCUT2D eigenvalue weighted by Crippen LogP contribution is -2.43. The quantitative estimate of drug-likeness (QED) is 0.714. The summed E-state index contributed by atoms with van der Waals surface area (Å²) in [6, 6.07) is 7.96. The summed E-state index contributed by atoms with van der Waals surface area (Å²) >= 11 is 0. The fourth-order valence-electron chi connectivity index (χ4n) is 3.15. The minimum absolute atomic E-state index is 0.0494. The fourth-order valence-corrected chi connectivity index (χ4v) is 3.15. The number of ether oxygens (including phenoxy) is 1. The summed E-state index contributed by atoms with van der Waals surface area (Å²) < 4.78 is 6.00. The molecule has 2 N–H and O–H groups in total. The van der Waals surface area contributed by atoms with Gasteiger partial charge in [0, 0.05) is 18.4 Å². The van der Waals surface area contributed by atoms with Crippen molar-refractivity contribution >= 4 is 11.9 Å². The van der Waals surface area contributed by atoms with Crippen LogP contribution in [0.3, 0.4) is 0 Å². The lowest BCUT2D eigenvalue weighted by molar-refractivity contribution is -0.137. The monoisotopic (exact) mass is 347 g/mol. The van der Waals surface area contributed by atoms with E-state index in [0.717, 1.165) is 24.2 Å². The van der Waals surface area contributed by atoms with Crippen LogP contribution >= 0.6 is 0 Å². The van der Waals surface area contributed by atoms with Gasteiger partial charge in [-0.15, -0.1) is 0 Å². The molecule has 1 fully saturated rings. The Morgan fingerprint density at radius 2 is 1.96 bits per heavy atom. The highest BCUT2D eigenvalue weighted by Gasteiger charge is 2.21. The van der Waals surface area contributed by atoms with E-state index in [1.807, 2.05) is 38.1 Å². The minimum atomic E-state index is -0.846. The van der Waals surface area contributed by atoms with Crippen molar-refractivity contribution in [3.05, 3.63) is 29.8 Å². The molecule has 5 heteroatoms. The molecule has 25 heavy (non-hydrogen) atoms. The number of carbonyl (C=O) groups is 2. The van der Waals surface area contributed by atoms with Crippen molar-refractivity contribution in [2.45, 2.75) is 76.9 Å². The normalized spacial score (nSPS) is 15.1. The Balaban J connectivity index is 1.79. The third kappa shape index (κ3) is 7.16. The molecule has 1 amide bonds. The van der Waals surface area contributed by atoms with Gasteiger partial charge in [-0.1, -0.05) is 12.1 Å². The van der Waals surface area contributed by atoms with E-state index in [4.69, 9.17) is 9.84 Å². The van der Waals surface area contributed by atoms with Crippen LogP contribution in [0.15, 0.2) is 24.3 Å². The number of amides is 1. The summed E-state index contributed by atoms with van der Waals surface area (Å²) in [5.74, 6) is -0.0227. The SMILES string of the molecule is CC(C)(CCC(=O)O)NC(=O)CCc1cccc(OC2CCCC2)c1. The Morgan fingerprint density at radius 3 is 2.64 bits per heavy atom. The van der Waals surface area contributed by atoms with Gasteiger partial charge in [0.15, 0.2) is 0 Å². The Hall–Kier alpha value is -2.04. The summed E-state index contributed by atoms with van der Waals surface area (Å²) in [5, 5.41) is 11.7. The highest BCUT2D eigenvalue weighted by atomic mass is 16.5. The van der Waals surface area contributed by atoms with Crippen molar-refractivity contribution < 1.29 is 19.4 Å². The molecule has 1 aromatic carbocycles. The molecule has 1 aliphatic rings. The van der Waals surface area contributed by atoms with Gasteiger partial charge in [-0.3, -0.25) is 9.59 Å². The fraction of sp³-hybridized carbons (Fsp3) is 0.600. The van der Waals surface area contributed by atoms with Gasteiger partial charge in [0.25, 0.3) is 0 Å². The van der Waals surface area contributed by atoms with E-state index in [0.29, 0.717) is 25.4 Å². The first kappa shape index (κ1) is 19.3. The molecule has 0 spiro atoms. The van der Waals surface area contributed by atoms with E-state index < -0.39 is 11.5 Å². The van der Waals surface area contributed by atoms with Crippen LogP contribution in [0.4, 0.5) is 0 Å². The standard InChI is InChI=1S/C20H29NO4/c1-20(2,13-12-19(23)24)21-18(22)11-10-15-6-5-9-17(14-15)25-16-7-3-4-8-16/h5-6,9,14,16H,3-4,7-8,10-13H2,1-2H3,(H,21,22)(H,23,24). The van der Waals surface area contributed by atoms with Crippen LogP contribution in [0.2, 0.25) is 0 Å².